The second-order valence-corrected chi connectivity index (χ2v) is 4.06. The predicted molar refractivity (Wildman–Crippen MR) is 64.1 cm³/mol. The Morgan fingerprint density at radius 2 is 2.06 bits per heavy atom. The Bertz CT molecular complexity index is 439. The van der Waals surface area contributed by atoms with E-state index in [0.29, 0.717) is 0 Å². The van der Waals surface area contributed by atoms with Gasteiger partial charge in [-0.05, 0) is 22.0 Å². The highest BCUT2D eigenvalue weighted by Crippen LogP contribution is 2.36. The van der Waals surface area contributed by atoms with Crippen molar-refractivity contribution in [2.45, 2.75) is 6.29 Å². The Morgan fingerprint density at radius 1 is 1.44 bits per heavy atom. The first-order valence-electron chi connectivity index (χ1n) is 4.81. The molecular formula is C10H11BrFNO5. The highest BCUT2D eigenvalue weighted by Gasteiger charge is 2.21. The van der Waals surface area contributed by atoms with Gasteiger partial charge in [0.2, 0.25) is 5.75 Å². The zero-order chi connectivity index (χ0) is 13.7. The van der Waals surface area contributed by atoms with Gasteiger partial charge >= 0.3 is 5.69 Å². The zero-order valence-corrected chi connectivity index (χ0v) is 11.3. The second kappa shape index (κ2) is 6.62. The van der Waals surface area contributed by atoms with Crippen LogP contribution in [0.1, 0.15) is 0 Å². The average Bonchev–Trinajstić information content (AvgIpc) is 2.31. The van der Waals surface area contributed by atoms with Gasteiger partial charge in [0.25, 0.3) is 0 Å². The van der Waals surface area contributed by atoms with Gasteiger partial charge in [0.15, 0.2) is 6.29 Å². The monoisotopic (exact) mass is 323 g/mol. The van der Waals surface area contributed by atoms with Crippen molar-refractivity contribution in [2.24, 2.45) is 0 Å². The maximum absolute atomic E-state index is 13.1. The van der Waals surface area contributed by atoms with Gasteiger partial charge in [-0.25, -0.2) is 4.39 Å². The van der Waals surface area contributed by atoms with E-state index in [9.17, 15) is 14.5 Å². The lowest BCUT2D eigenvalue weighted by atomic mass is 10.3. The first kappa shape index (κ1) is 14.8. The number of hydrogen-bond donors (Lipinski definition) is 0. The van der Waals surface area contributed by atoms with Gasteiger partial charge in [-0.1, -0.05) is 0 Å². The minimum absolute atomic E-state index is 0.0575. The molecule has 0 aliphatic heterocycles. The van der Waals surface area contributed by atoms with Crippen LogP contribution in [-0.2, 0) is 9.47 Å². The van der Waals surface area contributed by atoms with E-state index < -0.39 is 22.7 Å². The fourth-order valence-corrected chi connectivity index (χ4v) is 1.75. The summed E-state index contributed by atoms with van der Waals surface area (Å²) >= 11 is 3.01. The van der Waals surface area contributed by atoms with E-state index in [1.165, 1.54) is 14.2 Å². The van der Waals surface area contributed by atoms with Gasteiger partial charge in [-0.3, -0.25) is 10.1 Å². The van der Waals surface area contributed by atoms with Crippen LogP contribution in [0, 0.1) is 15.9 Å². The summed E-state index contributed by atoms with van der Waals surface area (Å²) in [5.41, 5.74) is -0.465. The minimum atomic E-state index is -0.726. The summed E-state index contributed by atoms with van der Waals surface area (Å²) in [6, 6.07) is 1.87. The summed E-state index contributed by atoms with van der Waals surface area (Å²) in [5, 5.41) is 10.8. The molecule has 0 unspecified atom stereocenters. The molecule has 0 atom stereocenters. The van der Waals surface area contributed by atoms with Gasteiger partial charge in [-0.15, -0.1) is 0 Å². The quantitative estimate of drug-likeness (QED) is 0.457. The van der Waals surface area contributed by atoms with E-state index in [-0.39, 0.29) is 16.8 Å². The summed E-state index contributed by atoms with van der Waals surface area (Å²) < 4.78 is 28.2. The Kier molecular flexibility index (Phi) is 5.45. The summed E-state index contributed by atoms with van der Waals surface area (Å²) in [6.07, 6.45) is -0.665. The standard InChI is InChI=1S/C10H11BrFNO5/c1-16-9(17-2)5-18-10-7(11)3-6(12)4-8(10)13(14)15/h3-4,9H,5H2,1-2H3. The highest BCUT2D eigenvalue weighted by molar-refractivity contribution is 9.10. The van der Waals surface area contributed by atoms with Gasteiger partial charge in [-0.2, -0.15) is 0 Å². The number of methoxy groups -OCH3 is 2. The fraction of sp³-hybridized carbons (Fsp3) is 0.400. The molecule has 0 amide bonds. The summed E-state index contributed by atoms with van der Waals surface area (Å²) in [5.74, 6) is -0.795. The zero-order valence-electron chi connectivity index (χ0n) is 9.68. The van der Waals surface area contributed by atoms with Crippen LogP contribution in [0.25, 0.3) is 0 Å². The average molecular weight is 324 g/mol. The Labute approximate surface area is 111 Å². The van der Waals surface area contributed by atoms with Crippen LogP contribution in [0.2, 0.25) is 0 Å². The molecule has 0 spiro atoms. The van der Waals surface area contributed by atoms with Crippen LogP contribution < -0.4 is 4.74 Å². The van der Waals surface area contributed by atoms with Crippen molar-refractivity contribution in [3.8, 4) is 5.75 Å². The van der Waals surface area contributed by atoms with E-state index in [1.54, 1.807) is 0 Å². The number of rotatable bonds is 6. The largest absolute Gasteiger partial charge is 0.481 e. The molecule has 1 rings (SSSR count). The maximum Gasteiger partial charge on any atom is 0.315 e. The van der Waals surface area contributed by atoms with Crippen LogP contribution >= 0.6 is 15.9 Å². The molecule has 0 saturated heterocycles. The third-order valence-electron chi connectivity index (χ3n) is 2.08. The lowest BCUT2D eigenvalue weighted by Crippen LogP contribution is -2.22. The van der Waals surface area contributed by atoms with Crippen molar-refractivity contribution in [3.63, 3.8) is 0 Å². The van der Waals surface area contributed by atoms with E-state index >= 15 is 0 Å². The van der Waals surface area contributed by atoms with Gasteiger partial charge < -0.3 is 14.2 Å². The number of ether oxygens (including phenoxy) is 3. The lowest BCUT2D eigenvalue weighted by molar-refractivity contribution is -0.386. The van der Waals surface area contributed by atoms with Crippen molar-refractivity contribution in [1.82, 2.24) is 0 Å². The van der Waals surface area contributed by atoms with Crippen molar-refractivity contribution < 1.29 is 23.5 Å². The van der Waals surface area contributed by atoms with E-state index in [2.05, 4.69) is 15.9 Å². The van der Waals surface area contributed by atoms with Crippen LogP contribution in [-0.4, -0.2) is 32.0 Å². The molecule has 0 bridgehead atoms. The van der Waals surface area contributed by atoms with E-state index in [4.69, 9.17) is 14.2 Å². The van der Waals surface area contributed by atoms with Crippen molar-refractivity contribution in [3.05, 3.63) is 32.5 Å². The fourth-order valence-electron chi connectivity index (χ4n) is 1.21. The Hall–Kier alpha value is -1.25. The van der Waals surface area contributed by atoms with Crippen molar-refractivity contribution in [2.75, 3.05) is 20.8 Å². The normalized spacial score (nSPS) is 10.7. The summed E-state index contributed by atoms with van der Waals surface area (Å²) in [4.78, 5) is 10.1. The summed E-state index contributed by atoms with van der Waals surface area (Å²) in [6.45, 7) is -0.0575. The molecule has 0 aromatic heterocycles. The molecule has 1 aromatic rings. The third kappa shape index (κ3) is 3.62. The third-order valence-corrected chi connectivity index (χ3v) is 2.66. The van der Waals surface area contributed by atoms with Crippen LogP contribution in [0.4, 0.5) is 10.1 Å². The van der Waals surface area contributed by atoms with Crippen molar-refractivity contribution >= 4 is 21.6 Å². The highest BCUT2D eigenvalue weighted by atomic mass is 79.9. The van der Waals surface area contributed by atoms with Gasteiger partial charge in [0.1, 0.15) is 12.4 Å². The number of halogens is 2. The molecule has 0 saturated carbocycles. The number of benzene rings is 1. The van der Waals surface area contributed by atoms with E-state index in [0.717, 1.165) is 12.1 Å². The molecule has 6 nitrogen and oxygen atoms in total. The molecule has 100 valence electrons. The number of hydrogen-bond acceptors (Lipinski definition) is 5. The summed E-state index contributed by atoms with van der Waals surface area (Å²) in [7, 11) is 2.82. The number of nitro groups is 1. The first-order chi connectivity index (χ1) is 8.49. The van der Waals surface area contributed by atoms with Crippen LogP contribution in [0.3, 0.4) is 0 Å². The SMILES string of the molecule is COC(COc1c(Br)cc(F)cc1[N+](=O)[O-])OC. The molecule has 0 fully saturated rings. The van der Waals surface area contributed by atoms with Crippen LogP contribution in [0.5, 0.6) is 5.75 Å². The molecule has 8 heteroatoms. The Morgan fingerprint density at radius 3 is 2.56 bits per heavy atom. The topological polar surface area (TPSA) is 70.8 Å². The molecule has 0 N–H and O–H groups in total. The number of nitro benzene ring substituents is 1. The van der Waals surface area contributed by atoms with Crippen LogP contribution in [0.15, 0.2) is 16.6 Å². The first-order valence-corrected chi connectivity index (χ1v) is 5.60. The molecule has 1 aromatic carbocycles. The maximum atomic E-state index is 13.1. The predicted octanol–water partition coefficient (Wildman–Crippen LogP) is 2.49. The van der Waals surface area contributed by atoms with E-state index in [1.807, 2.05) is 0 Å². The van der Waals surface area contributed by atoms with Gasteiger partial charge in [0, 0.05) is 14.2 Å². The molecule has 18 heavy (non-hydrogen) atoms. The van der Waals surface area contributed by atoms with Crippen molar-refractivity contribution in [1.29, 1.82) is 0 Å². The smallest absolute Gasteiger partial charge is 0.315 e. The Balaban J connectivity index is 2.96. The van der Waals surface area contributed by atoms with Gasteiger partial charge in [0.05, 0.1) is 15.5 Å². The minimum Gasteiger partial charge on any atom is -0.481 e. The molecular weight excluding hydrogens is 313 g/mol. The molecule has 0 radical (unpaired) electrons. The number of nitrogens with zero attached hydrogens (tertiary/aromatic N) is 1. The second-order valence-electron chi connectivity index (χ2n) is 3.20. The molecule has 0 heterocycles. The lowest BCUT2D eigenvalue weighted by Gasteiger charge is -2.15. The molecule has 0 aliphatic rings. The molecule has 0 aliphatic carbocycles.